The topological polar surface area (TPSA) is 101 Å². The number of hydrogen-bond donors (Lipinski definition) is 0. The predicted molar refractivity (Wildman–Crippen MR) is 50.9 cm³/mol. The van der Waals surface area contributed by atoms with Crippen LogP contribution in [0.4, 0.5) is 0 Å². The van der Waals surface area contributed by atoms with Crippen LogP contribution in [0.25, 0.3) is 0 Å². The van der Waals surface area contributed by atoms with Crippen molar-refractivity contribution in [3.05, 3.63) is 11.6 Å². The molecule has 0 aromatic carbocycles. The Morgan fingerprint density at radius 1 is 1.47 bits per heavy atom. The number of carboxylic acid groups (broad SMARTS) is 2. The van der Waals surface area contributed by atoms with Gasteiger partial charge in [-0.05, 0) is 18.9 Å². The maximum absolute atomic E-state index is 12.0. The average Bonchev–Trinajstić information content (AvgIpc) is 2.45. The van der Waals surface area contributed by atoms with Crippen LogP contribution in [0.2, 0.25) is 0 Å². The molecule has 92 valence electrons. The maximum atomic E-state index is 12.0. The maximum Gasteiger partial charge on any atom is 0.231 e. The van der Waals surface area contributed by atoms with E-state index in [-0.39, 0.29) is 12.0 Å². The predicted octanol–water partition coefficient (Wildman–Crippen LogP) is -2.72. The largest absolute Gasteiger partial charge is 0.550 e. The van der Waals surface area contributed by atoms with Gasteiger partial charge in [-0.2, -0.15) is 0 Å². The van der Waals surface area contributed by atoms with E-state index in [1.165, 1.54) is 11.0 Å². The number of carbonyl (C=O) groups is 3. The van der Waals surface area contributed by atoms with E-state index >= 15 is 0 Å². The van der Waals surface area contributed by atoms with Gasteiger partial charge >= 0.3 is 0 Å². The van der Waals surface area contributed by atoms with Crippen molar-refractivity contribution in [3.8, 4) is 0 Å². The summed E-state index contributed by atoms with van der Waals surface area (Å²) in [6.07, 6.45) is 1.61. The van der Waals surface area contributed by atoms with Gasteiger partial charge in [0.1, 0.15) is 0 Å². The van der Waals surface area contributed by atoms with Crippen LogP contribution in [0.1, 0.15) is 13.3 Å². The molecule has 1 aliphatic heterocycles. The normalized spacial score (nSPS) is 31.4. The molecule has 2 bridgehead atoms. The van der Waals surface area contributed by atoms with Crippen molar-refractivity contribution in [2.75, 3.05) is 6.54 Å². The molecule has 0 aromatic rings. The number of aliphatic carboxylic acids is 2. The van der Waals surface area contributed by atoms with Gasteiger partial charge in [-0.3, -0.25) is 4.79 Å². The van der Waals surface area contributed by atoms with E-state index in [9.17, 15) is 24.6 Å². The van der Waals surface area contributed by atoms with Gasteiger partial charge in [0.25, 0.3) is 0 Å². The number of amides is 1. The van der Waals surface area contributed by atoms with Gasteiger partial charge < -0.3 is 24.7 Å². The Kier molecular flexibility index (Phi) is 2.65. The van der Waals surface area contributed by atoms with E-state index in [4.69, 9.17) is 0 Å². The number of rotatable bonds is 3. The molecule has 1 fully saturated rings. The molecule has 0 spiro atoms. The Labute approximate surface area is 97.5 Å². The molecule has 6 nitrogen and oxygen atoms in total. The van der Waals surface area contributed by atoms with Crippen LogP contribution in [-0.2, 0) is 14.4 Å². The zero-order valence-corrected chi connectivity index (χ0v) is 9.21. The second-order valence-corrected chi connectivity index (χ2v) is 4.20. The molecule has 2 rings (SSSR count). The first-order valence-electron chi connectivity index (χ1n) is 5.41. The van der Waals surface area contributed by atoms with Crippen molar-refractivity contribution in [2.45, 2.75) is 19.4 Å². The fourth-order valence-corrected chi connectivity index (χ4v) is 2.78. The molecule has 0 radical (unpaired) electrons. The summed E-state index contributed by atoms with van der Waals surface area (Å²) in [6, 6.07) is -0.495. The quantitative estimate of drug-likeness (QED) is 0.530. The lowest BCUT2D eigenvalue weighted by Crippen LogP contribution is -2.45. The number of carboxylic acids is 2. The smallest absolute Gasteiger partial charge is 0.231 e. The van der Waals surface area contributed by atoms with E-state index in [1.807, 2.05) is 0 Å². The second-order valence-electron chi connectivity index (χ2n) is 4.20. The molecule has 0 unspecified atom stereocenters. The Bertz CT molecular complexity index is 428. The molecule has 1 aliphatic carbocycles. The van der Waals surface area contributed by atoms with E-state index in [2.05, 4.69) is 0 Å². The summed E-state index contributed by atoms with van der Waals surface area (Å²) < 4.78 is 0. The molecular formula is C11H11NO5-2. The van der Waals surface area contributed by atoms with Crippen LogP contribution in [0, 0.1) is 11.8 Å². The summed E-state index contributed by atoms with van der Waals surface area (Å²) in [6.45, 7) is 2.08. The van der Waals surface area contributed by atoms with Gasteiger partial charge in [-0.15, -0.1) is 0 Å². The van der Waals surface area contributed by atoms with Crippen molar-refractivity contribution in [3.63, 3.8) is 0 Å². The monoisotopic (exact) mass is 237 g/mol. The van der Waals surface area contributed by atoms with Crippen LogP contribution in [-0.4, -0.2) is 35.3 Å². The standard InChI is InChI=1S/C11H13NO5/c1-2-12-6-4-3-5(10(14)15)7(9(12)13)8(6)11(16)17/h3,6-8H,2,4H2,1H3,(H,14,15)(H,16,17)/p-2/t6-,7+,8-/m1/s1. The highest BCUT2D eigenvalue weighted by Crippen LogP contribution is 2.41. The molecule has 1 heterocycles. The number of likely N-dealkylation sites (tertiary alicyclic amines) is 1. The lowest BCUT2D eigenvalue weighted by atomic mass is 9.79. The fraction of sp³-hybridized carbons (Fsp3) is 0.545. The highest BCUT2D eigenvalue weighted by molar-refractivity contribution is 6.00. The minimum atomic E-state index is -1.48. The van der Waals surface area contributed by atoms with Crippen molar-refractivity contribution in [1.82, 2.24) is 4.90 Å². The minimum Gasteiger partial charge on any atom is -0.550 e. The van der Waals surface area contributed by atoms with E-state index in [0.717, 1.165) is 0 Å². The molecule has 0 saturated carbocycles. The molecule has 17 heavy (non-hydrogen) atoms. The van der Waals surface area contributed by atoms with Crippen molar-refractivity contribution >= 4 is 17.8 Å². The molecular weight excluding hydrogens is 226 g/mol. The molecule has 0 aromatic heterocycles. The molecule has 1 saturated heterocycles. The van der Waals surface area contributed by atoms with Crippen LogP contribution in [0.5, 0.6) is 0 Å². The Morgan fingerprint density at radius 2 is 2.12 bits per heavy atom. The van der Waals surface area contributed by atoms with Gasteiger partial charge in [-0.1, -0.05) is 6.08 Å². The number of fused-ring (bicyclic) bond motifs is 2. The van der Waals surface area contributed by atoms with Crippen LogP contribution in [0.15, 0.2) is 11.6 Å². The molecule has 3 atom stereocenters. The second kappa shape index (κ2) is 3.87. The number of nitrogens with zero attached hydrogens (tertiary/aromatic N) is 1. The first-order valence-corrected chi connectivity index (χ1v) is 5.41. The third-order valence-electron chi connectivity index (χ3n) is 3.49. The Balaban J connectivity index is 2.46. The van der Waals surface area contributed by atoms with E-state index in [0.29, 0.717) is 6.54 Å². The van der Waals surface area contributed by atoms with Crippen molar-refractivity contribution in [2.24, 2.45) is 11.8 Å². The third-order valence-corrected chi connectivity index (χ3v) is 3.49. The third kappa shape index (κ3) is 1.51. The fourth-order valence-electron chi connectivity index (χ4n) is 2.78. The first-order chi connectivity index (χ1) is 7.99. The van der Waals surface area contributed by atoms with Gasteiger partial charge in [0, 0.05) is 24.5 Å². The van der Waals surface area contributed by atoms with Crippen LogP contribution >= 0.6 is 0 Å². The number of carbonyl (C=O) groups excluding carboxylic acids is 3. The summed E-state index contributed by atoms with van der Waals surface area (Å²) >= 11 is 0. The molecule has 0 N–H and O–H groups in total. The van der Waals surface area contributed by atoms with Crippen molar-refractivity contribution < 1.29 is 24.6 Å². The first kappa shape index (κ1) is 11.6. The summed E-state index contributed by atoms with van der Waals surface area (Å²) in [4.78, 5) is 35.3. The average molecular weight is 237 g/mol. The van der Waals surface area contributed by atoms with Crippen LogP contribution in [0.3, 0.4) is 0 Å². The Morgan fingerprint density at radius 3 is 2.59 bits per heavy atom. The summed E-state index contributed by atoms with van der Waals surface area (Å²) in [5.74, 6) is -5.55. The highest BCUT2D eigenvalue weighted by Gasteiger charge is 2.51. The summed E-state index contributed by atoms with van der Waals surface area (Å²) in [5, 5.41) is 21.9. The van der Waals surface area contributed by atoms with Gasteiger partial charge in [0.2, 0.25) is 5.91 Å². The van der Waals surface area contributed by atoms with E-state index in [1.54, 1.807) is 6.92 Å². The SMILES string of the molecule is CCN1C(=O)[C@H]2C(C(=O)[O-])=CC[C@@H]1[C@H]2C(=O)[O-]. The minimum absolute atomic E-state index is 0.220. The lowest BCUT2D eigenvalue weighted by molar-refractivity contribution is -0.313. The van der Waals surface area contributed by atoms with Crippen molar-refractivity contribution in [1.29, 1.82) is 0 Å². The Hall–Kier alpha value is -1.85. The van der Waals surface area contributed by atoms with Gasteiger partial charge in [0.05, 0.1) is 11.9 Å². The molecule has 1 amide bonds. The van der Waals surface area contributed by atoms with Crippen LogP contribution < -0.4 is 10.2 Å². The zero-order chi connectivity index (χ0) is 12.7. The zero-order valence-electron chi connectivity index (χ0n) is 9.21. The molecule has 2 aliphatic rings. The molecule has 6 heteroatoms. The highest BCUT2D eigenvalue weighted by atomic mass is 16.4. The summed E-state index contributed by atoms with van der Waals surface area (Å²) in [5.41, 5.74) is -0.226. The summed E-state index contributed by atoms with van der Waals surface area (Å²) in [7, 11) is 0. The van der Waals surface area contributed by atoms with E-state index < -0.39 is 35.7 Å². The number of hydrogen-bond acceptors (Lipinski definition) is 5. The van der Waals surface area contributed by atoms with Gasteiger partial charge in [-0.25, -0.2) is 0 Å². The lowest BCUT2D eigenvalue weighted by Gasteiger charge is -2.31. The van der Waals surface area contributed by atoms with Gasteiger partial charge in [0.15, 0.2) is 0 Å².